The van der Waals surface area contributed by atoms with Crippen molar-refractivity contribution in [2.75, 3.05) is 25.4 Å². The van der Waals surface area contributed by atoms with Crippen LogP contribution in [0.1, 0.15) is 43.7 Å². The van der Waals surface area contributed by atoms with E-state index in [0.717, 1.165) is 47.2 Å². The van der Waals surface area contributed by atoms with E-state index in [1.165, 1.54) is 11.1 Å². The van der Waals surface area contributed by atoms with Gasteiger partial charge in [-0.15, -0.1) is 10.2 Å². The average Bonchev–Trinajstić information content (AvgIpc) is 3.66. The van der Waals surface area contributed by atoms with Crippen LogP contribution in [0.2, 0.25) is 0 Å². The Morgan fingerprint density at radius 1 is 1.00 bits per heavy atom. The summed E-state index contributed by atoms with van der Waals surface area (Å²) in [7, 11) is 0. The molecule has 1 saturated heterocycles. The number of rotatable bonds is 8. The van der Waals surface area contributed by atoms with Gasteiger partial charge in [-0.2, -0.15) is 0 Å². The third-order valence-corrected chi connectivity index (χ3v) is 8.17. The zero-order valence-electron chi connectivity index (χ0n) is 21.9. The van der Waals surface area contributed by atoms with Gasteiger partial charge >= 0.3 is 0 Å². The zero-order valence-corrected chi connectivity index (χ0v) is 22.7. The predicted octanol–water partition coefficient (Wildman–Crippen LogP) is 4.89. The summed E-state index contributed by atoms with van der Waals surface area (Å²) in [4.78, 5) is 29.3. The summed E-state index contributed by atoms with van der Waals surface area (Å²) in [5.74, 6) is 2.27. The molecule has 0 N–H and O–H groups in total. The maximum Gasteiger partial charge on any atom is 0.226 e. The highest BCUT2D eigenvalue weighted by molar-refractivity contribution is 7.99. The topological polar surface area (TPSA) is 71.3 Å². The molecule has 2 aromatic carbocycles. The molecule has 2 aliphatic rings. The summed E-state index contributed by atoms with van der Waals surface area (Å²) < 4.78 is 2.11. The third-order valence-electron chi connectivity index (χ3n) is 7.16. The molecule has 2 amide bonds. The fraction of sp³-hybridized carbons (Fsp3) is 0.448. The standard InChI is InChI=1S/C29H35N5O2S/c1-20-9-11-23(12-10-20)27-30-31-29(34(27)25-7-4-6-21(2)18-25)37-17-5-8-26(35)32-15-16-33(22(3)19-32)28(36)24-13-14-24/h4,6-7,9-12,18,22,24H,5,8,13-17,19H2,1-3H3. The molecule has 1 aliphatic carbocycles. The van der Waals surface area contributed by atoms with E-state index in [9.17, 15) is 9.59 Å². The highest BCUT2D eigenvalue weighted by Gasteiger charge is 2.37. The number of carbonyl (C=O) groups is 2. The number of aryl methyl sites for hydroxylation is 2. The maximum atomic E-state index is 12.9. The molecule has 1 unspecified atom stereocenters. The minimum Gasteiger partial charge on any atom is -0.339 e. The molecule has 2 fully saturated rings. The van der Waals surface area contributed by atoms with Gasteiger partial charge in [0.15, 0.2) is 11.0 Å². The van der Waals surface area contributed by atoms with E-state index < -0.39 is 0 Å². The Morgan fingerprint density at radius 3 is 2.49 bits per heavy atom. The second-order valence-corrected chi connectivity index (χ2v) is 11.4. The van der Waals surface area contributed by atoms with Gasteiger partial charge in [-0.05, 0) is 57.7 Å². The van der Waals surface area contributed by atoms with Crippen LogP contribution in [0.4, 0.5) is 0 Å². The molecule has 37 heavy (non-hydrogen) atoms. The lowest BCUT2D eigenvalue weighted by molar-refractivity contribution is -0.143. The number of aromatic nitrogens is 3. The summed E-state index contributed by atoms with van der Waals surface area (Å²) in [5.41, 5.74) is 4.44. The van der Waals surface area contributed by atoms with E-state index in [1.807, 2.05) is 9.80 Å². The molecule has 3 aromatic rings. The van der Waals surface area contributed by atoms with Crippen molar-refractivity contribution < 1.29 is 9.59 Å². The predicted molar refractivity (Wildman–Crippen MR) is 147 cm³/mol. The summed E-state index contributed by atoms with van der Waals surface area (Å²) in [6.45, 7) is 8.13. The number of hydrogen-bond acceptors (Lipinski definition) is 5. The number of piperazine rings is 1. The lowest BCUT2D eigenvalue weighted by Crippen LogP contribution is -2.55. The molecule has 8 heteroatoms. The first-order valence-corrected chi connectivity index (χ1v) is 14.2. The van der Waals surface area contributed by atoms with Gasteiger partial charge in [-0.1, -0.05) is 53.7 Å². The lowest BCUT2D eigenvalue weighted by Gasteiger charge is -2.40. The molecular weight excluding hydrogens is 482 g/mol. The highest BCUT2D eigenvalue weighted by Crippen LogP contribution is 2.32. The van der Waals surface area contributed by atoms with E-state index in [2.05, 4.69) is 84.1 Å². The molecule has 5 rings (SSSR count). The van der Waals surface area contributed by atoms with Gasteiger partial charge in [0.05, 0.1) is 0 Å². The van der Waals surface area contributed by atoms with Crippen molar-refractivity contribution in [2.24, 2.45) is 5.92 Å². The Kier molecular flexibility index (Phi) is 7.65. The minimum atomic E-state index is 0.0910. The molecule has 0 spiro atoms. The van der Waals surface area contributed by atoms with Crippen molar-refractivity contribution in [1.29, 1.82) is 0 Å². The van der Waals surface area contributed by atoms with E-state index in [-0.39, 0.29) is 23.8 Å². The molecule has 1 aliphatic heterocycles. The van der Waals surface area contributed by atoms with Crippen LogP contribution >= 0.6 is 11.8 Å². The maximum absolute atomic E-state index is 12.9. The van der Waals surface area contributed by atoms with Crippen LogP contribution in [0.5, 0.6) is 0 Å². The Balaban J connectivity index is 1.20. The fourth-order valence-corrected chi connectivity index (χ4v) is 5.76. The first-order chi connectivity index (χ1) is 17.9. The molecule has 1 aromatic heterocycles. The van der Waals surface area contributed by atoms with E-state index >= 15 is 0 Å². The summed E-state index contributed by atoms with van der Waals surface area (Å²) in [5, 5.41) is 9.89. The highest BCUT2D eigenvalue weighted by atomic mass is 32.2. The van der Waals surface area contributed by atoms with Crippen LogP contribution in [0.3, 0.4) is 0 Å². The quantitative estimate of drug-likeness (QED) is 0.314. The second-order valence-electron chi connectivity index (χ2n) is 10.3. The van der Waals surface area contributed by atoms with Crippen LogP contribution in [-0.2, 0) is 9.59 Å². The van der Waals surface area contributed by atoms with E-state index in [0.29, 0.717) is 26.1 Å². The van der Waals surface area contributed by atoms with Crippen molar-refractivity contribution in [2.45, 2.75) is 57.7 Å². The molecule has 0 bridgehead atoms. The van der Waals surface area contributed by atoms with Gasteiger partial charge in [0.2, 0.25) is 11.8 Å². The van der Waals surface area contributed by atoms with Crippen molar-refractivity contribution in [3.8, 4) is 17.1 Å². The zero-order chi connectivity index (χ0) is 25.9. The number of thioether (sulfide) groups is 1. The van der Waals surface area contributed by atoms with Gasteiger partial charge in [-0.3, -0.25) is 14.2 Å². The molecule has 7 nitrogen and oxygen atoms in total. The van der Waals surface area contributed by atoms with E-state index in [1.54, 1.807) is 11.8 Å². The smallest absolute Gasteiger partial charge is 0.226 e. The summed E-state index contributed by atoms with van der Waals surface area (Å²) in [6, 6.07) is 16.8. The van der Waals surface area contributed by atoms with Gasteiger partial charge in [0.25, 0.3) is 0 Å². The third kappa shape index (κ3) is 5.90. The second kappa shape index (κ2) is 11.1. The van der Waals surface area contributed by atoms with Crippen LogP contribution in [0.15, 0.2) is 53.7 Å². The average molecular weight is 518 g/mol. The Hall–Kier alpha value is -3.13. The van der Waals surface area contributed by atoms with Crippen LogP contribution in [0, 0.1) is 19.8 Å². The van der Waals surface area contributed by atoms with Crippen LogP contribution in [0.25, 0.3) is 17.1 Å². The van der Waals surface area contributed by atoms with Crippen LogP contribution in [-0.4, -0.2) is 67.8 Å². The Bertz CT molecular complexity index is 1270. The SMILES string of the molecule is Cc1ccc(-c2nnc(SCCCC(=O)N3CCN(C(=O)C4CC4)C(C)C3)n2-c2cccc(C)c2)cc1. The molecule has 1 atom stereocenters. The summed E-state index contributed by atoms with van der Waals surface area (Å²) in [6.07, 6.45) is 3.30. The first kappa shape index (κ1) is 25.5. The van der Waals surface area contributed by atoms with Crippen molar-refractivity contribution in [1.82, 2.24) is 24.6 Å². The Labute approximate surface area is 223 Å². The Morgan fingerprint density at radius 2 is 1.78 bits per heavy atom. The molecule has 194 valence electrons. The van der Waals surface area contributed by atoms with Gasteiger partial charge in [0, 0.05) is 55.0 Å². The first-order valence-electron chi connectivity index (χ1n) is 13.2. The summed E-state index contributed by atoms with van der Waals surface area (Å²) >= 11 is 1.64. The number of nitrogens with zero attached hydrogens (tertiary/aromatic N) is 5. The van der Waals surface area contributed by atoms with Crippen molar-refractivity contribution >= 4 is 23.6 Å². The normalized spacial score (nSPS) is 17.8. The van der Waals surface area contributed by atoms with E-state index in [4.69, 9.17) is 0 Å². The number of carbonyl (C=O) groups excluding carboxylic acids is 2. The fourth-order valence-electron chi connectivity index (χ4n) is 4.87. The van der Waals surface area contributed by atoms with Gasteiger partial charge in [0.1, 0.15) is 0 Å². The van der Waals surface area contributed by atoms with Gasteiger partial charge in [-0.25, -0.2) is 0 Å². The number of hydrogen-bond donors (Lipinski definition) is 0. The monoisotopic (exact) mass is 517 g/mol. The largest absolute Gasteiger partial charge is 0.339 e. The molecular formula is C29H35N5O2S. The molecule has 2 heterocycles. The lowest BCUT2D eigenvalue weighted by atomic mass is 10.1. The minimum absolute atomic E-state index is 0.0910. The van der Waals surface area contributed by atoms with Crippen molar-refractivity contribution in [3.05, 3.63) is 59.7 Å². The van der Waals surface area contributed by atoms with Crippen molar-refractivity contribution in [3.63, 3.8) is 0 Å². The number of benzene rings is 2. The molecule has 0 radical (unpaired) electrons. The van der Waals surface area contributed by atoms with Crippen LogP contribution < -0.4 is 0 Å². The molecule has 1 saturated carbocycles. The van der Waals surface area contributed by atoms with Gasteiger partial charge < -0.3 is 9.80 Å². The number of amides is 2.